The van der Waals surface area contributed by atoms with Gasteiger partial charge in [0.15, 0.2) is 23.1 Å². The first-order chi connectivity index (χ1) is 12.9. The van der Waals surface area contributed by atoms with E-state index in [1.54, 1.807) is 18.2 Å². The molecule has 2 amide bonds. The van der Waals surface area contributed by atoms with Gasteiger partial charge in [0.1, 0.15) is 0 Å². The molecule has 0 radical (unpaired) electrons. The van der Waals surface area contributed by atoms with Crippen molar-refractivity contribution in [1.82, 2.24) is 0 Å². The van der Waals surface area contributed by atoms with Gasteiger partial charge in [-0.25, -0.2) is 8.78 Å². The average molecular weight is 376 g/mol. The predicted octanol–water partition coefficient (Wildman–Crippen LogP) is 2.97. The molecule has 1 aliphatic heterocycles. The summed E-state index contributed by atoms with van der Waals surface area (Å²) in [6, 6.07) is 8.51. The molecular formula is C19H18F2N2O4. The second kappa shape index (κ2) is 7.61. The second-order valence-corrected chi connectivity index (χ2v) is 6.04. The van der Waals surface area contributed by atoms with Crippen LogP contribution in [0, 0.1) is 17.6 Å². The first-order valence-electron chi connectivity index (χ1n) is 8.22. The van der Waals surface area contributed by atoms with Gasteiger partial charge >= 0.3 is 0 Å². The molecule has 0 bridgehead atoms. The number of carbonyl (C=O) groups is 2. The molecule has 1 saturated heterocycles. The molecular weight excluding hydrogens is 358 g/mol. The SMILES string of the molecule is COc1ccc(N2CC(C(=O)Nc3cccc(F)c3F)CC2=O)cc1OC. The lowest BCUT2D eigenvalue weighted by atomic mass is 10.1. The Morgan fingerprint density at radius 1 is 1.15 bits per heavy atom. The average Bonchev–Trinajstić information content (AvgIpc) is 3.06. The molecule has 3 rings (SSSR count). The molecule has 1 heterocycles. The smallest absolute Gasteiger partial charge is 0.229 e. The number of amides is 2. The molecule has 27 heavy (non-hydrogen) atoms. The summed E-state index contributed by atoms with van der Waals surface area (Å²) in [5.74, 6) is -2.69. The van der Waals surface area contributed by atoms with Crippen molar-refractivity contribution in [3.63, 3.8) is 0 Å². The number of halogens is 2. The molecule has 1 N–H and O–H groups in total. The minimum atomic E-state index is -1.13. The monoisotopic (exact) mass is 376 g/mol. The van der Waals surface area contributed by atoms with Gasteiger partial charge in [0, 0.05) is 24.7 Å². The highest BCUT2D eigenvalue weighted by molar-refractivity contribution is 6.03. The van der Waals surface area contributed by atoms with Gasteiger partial charge in [0.05, 0.1) is 25.8 Å². The van der Waals surface area contributed by atoms with Crippen molar-refractivity contribution in [2.45, 2.75) is 6.42 Å². The third kappa shape index (κ3) is 3.69. The number of carbonyl (C=O) groups excluding carboxylic acids is 2. The molecule has 0 aromatic heterocycles. The fourth-order valence-corrected chi connectivity index (χ4v) is 2.96. The zero-order valence-electron chi connectivity index (χ0n) is 14.8. The van der Waals surface area contributed by atoms with Crippen molar-refractivity contribution >= 4 is 23.2 Å². The van der Waals surface area contributed by atoms with Crippen LogP contribution in [-0.2, 0) is 9.59 Å². The van der Waals surface area contributed by atoms with E-state index in [4.69, 9.17) is 9.47 Å². The maximum absolute atomic E-state index is 13.7. The highest BCUT2D eigenvalue weighted by Crippen LogP contribution is 2.34. The largest absolute Gasteiger partial charge is 0.493 e. The Balaban J connectivity index is 1.75. The molecule has 2 aromatic carbocycles. The molecule has 0 aliphatic carbocycles. The minimum absolute atomic E-state index is 0.0306. The van der Waals surface area contributed by atoms with Crippen molar-refractivity contribution in [2.75, 3.05) is 31.0 Å². The Hall–Kier alpha value is -3.16. The van der Waals surface area contributed by atoms with Crippen LogP contribution in [0.2, 0.25) is 0 Å². The molecule has 2 aromatic rings. The number of rotatable bonds is 5. The van der Waals surface area contributed by atoms with E-state index >= 15 is 0 Å². The Morgan fingerprint density at radius 2 is 1.89 bits per heavy atom. The minimum Gasteiger partial charge on any atom is -0.493 e. The summed E-state index contributed by atoms with van der Waals surface area (Å²) in [5, 5.41) is 2.35. The number of nitrogens with one attached hydrogen (secondary N) is 1. The van der Waals surface area contributed by atoms with Crippen LogP contribution in [0.5, 0.6) is 11.5 Å². The molecule has 1 atom stereocenters. The van der Waals surface area contributed by atoms with Crippen molar-refractivity contribution in [2.24, 2.45) is 5.92 Å². The Bertz CT molecular complexity index is 888. The summed E-state index contributed by atoms with van der Waals surface area (Å²) in [5.41, 5.74) is 0.307. The Morgan fingerprint density at radius 3 is 2.59 bits per heavy atom. The van der Waals surface area contributed by atoms with E-state index in [1.807, 2.05) is 0 Å². The van der Waals surface area contributed by atoms with Gasteiger partial charge in [-0.05, 0) is 24.3 Å². The predicted molar refractivity (Wildman–Crippen MR) is 95.0 cm³/mol. The first-order valence-corrected chi connectivity index (χ1v) is 8.22. The van der Waals surface area contributed by atoms with E-state index in [9.17, 15) is 18.4 Å². The molecule has 8 heteroatoms. The lowest BCUT2D eigenvalue weighted by molar-refractivity contribution is -0.122. The highest BCUT2D eigenvalue weighted by atomic mass is 19.2. The zero-order valence-corrected chi connectivity index (χ0v) is 14.8. The van der Waals surface area contributed by atoms with Crippen LogP contribution in [0.1, 0.15) is 6.42 Å². The lowest BCUT2D eigenvalue weighted by Gasteiger charge is -2.18. The lowest BCUT2D eigenvalue weighted by Crippen LogP contribution is -2.28. The molecule has 142 valence electrons. The Kier molecular flexibility index (Phi) is 5.25. The molecule has 1 unspecified atom stereocenters. The fraction of sp³-hybridized carbons (Fsp3) is 0.263. The molecule has 1 aliphatic rings. The molecule has 0 saturated carbocycles. The highest BCUT2D eigenvalue weighted by Gasteiger charge is 2.35. The number of benzene rings is 2. The third-order valence-corrected chi connectivity index (χ3v) is 4.38. The summed E-state index contributed by atoms with van der Waals surface area (Å²) < 4.78 is 37.4. The number of hydrogen-bond donors (Lipinski definition) is 1. The van der Waals surface area contributed by atoms with Gasteiger partial charge < -0.3 is 19.7 Å². The fourth-order valence-electron chi connectivity index (χ4n) is 2.96. The second-order valence-electron chi connectivity index (χ2n) is 6.04. The van der Waals surface area contributed by atoms with Crippen molar-refractivity contribution in [1.29, 1.82) is 0 Å². The number of nitrogens with zero attached hydrogens (tertiary/aromatic N) is 1. The topological polar surface area (TPSA) is 67.9 Å². The van der Waals surface area contributed by atoms with Crippen molar-refractivity contribution in [3.8, 4) is 11.5 Å². The summed E-state index contributed by atoms with van der Waals surface area (Å²) in [6.07, 6.45) is -0.0306. The first kappa shape index (κ1) is 18.6. The van der Waals surface area contributed by atoms with E-state index in [-0.39, 0.29) is 24.6 Å². The van der Waals surface area contributed by atoms with Crippen LogP contribution in [0.4, 0.5) is 20.2 Å². The van der Waals surface area contributed by atoms with Gasteiger partial charge in [-0.1, -0.05) is 6.07 Å². The third-order valence-electron chi connectivity index (χ3n) is 4.38. The number of ether oxygens (including phenoxy) is 2. The van der Waals surface area contributed by atoms with Crippen LogP contribution in [0.15, 0.2) is 36.4 Å². The number of anilines is 2. The molecule has 0 spiro atoms. The van der Waals surface area contributed by atoms with Crippen molar-refractivity contribution < 1.29 is 27.8 Å². The van der Waals surface area contributed by atoms with E-state index in [0.29, 0.717) is 17.2 Å². The van der Waals surface area contributed by atoms with Gasteiger partial charge in [-0.3, -0.25) is 9.59 Å². The van der Waals surface area contributed by atoms with Crippen LogP contribution < -0.4 is 19.7 Å². The van der Waals surface area contributed by atoms with Crippen LogP contribution in [-0.4, -0.2) is 32.6 Å². The van der Waals surface area contributed by atoms with E-state index in [2.05, 4.69) is 5.32 Å². The summed E-state index contributed by atoms with van der Waals surface area (Å²) >= 11 is 0. The molecule has 1 fully saturated rings. The van der Waals surface area contributed by atoms with E-state index < -0.39 is 23.5 Å². The maximum Gasteiger partial charge on any atom is 0.229 e. The normalized spacial score (nSPS) is 16.4. The van der Waals surface area contributed by atoms with E-state index in [0.717, 1.165) is 6.07 Å². The van der Waals surface area contributed by atoms with Gasteiger partial charge in [0.25, 0.3) is 0 Å². The zero-order chi connectivity index (χ0) is 19.6. The van der Waals surface area contributed by atoms with E-state index in [1.165, 1.54) is 31.3 Å². The Labute approximate surface area is 154 Å². The molecule has 6 nitrogen and oxygen atoms in total. The standard InChI is InChI=1S/C19H18F2N2O4/c1-26-15-7-6-12(9-16(15)27-2)23-10-11(8-17(23)24)19(25)22-14-5-3-4-13(20)18(14)21/h3-7,9,11H,8,10H2,1-2H3,(H,22,25). The van der Waals surface area contributed by atoms with Crippen molar-refractivity contribution in [3.05, 3.63) is 48.0 Å². The van der Waals surface area contributed by atoms with Gasteiger partial charge in [-0.15, -0.1) is 0 Å². The summed E-state index contributed by atoms with van der Waals surface area (Å²) in [6.45, 7) is 0.122. The van der Waals surface area contributed by atoms with Crippen LogP contribution in [0.3, 0.4) is 0 Å². The summed E-state index contributed by atoms with van der Waals surface area (Å²) in [7, 11) is 2.99. The summed E-state index contributed by atoms with van der Waals surface area (Å²) in [4.78, 5) is 26.2. The van der Waals surface area contributed by atoms with Crippen LogP contribution >= 0.6 is 0 Å². The van der Waals surface area contributed by atoms with Crippen LogP contribution in [0.25, 0.3) is 0 Å². The van der Waals surface area contributed by atoms with Gasteiger partial charge in [0.2, 0.25) is 11.8 Å². The maximum atomic E-state index is 13.7. The quantitative estimate of drug-likeness (QED) is 0.871. The number of hydrogen-bond acceptors (Lipinski definition) is 4. The van der Waals surface area contributed by atoms with Gasteiger partial charge in [-0.2, -0.15) is 0 Å². The number of methoxy groups -OCH3 is 2.